The van der Waals surface area contributed by atoms with Gasteiger partial charge in [-0.3, -0.25) is 9.78 Å². The van der Waals surface area contributed by atoms with Crippen molar-refractivity contribution in [3.63, 3.8) is 0 Å². The summed E-state index contributed by atoms with van der Waals surface area (Å²) >= 11 is 0. The Morgan fingerprint density at radius 3 is 2.63 bits per heavy atom. The summed E-state index contributed by atoms with van der Waals surface area (Å²) in [7, 11) is 0. The number of pyridine rings is 1. The van der Waals surface area contributed by atoms with E-state index in [1.165, 1.54) is 0 Å². The number of hydrogen-bond acceptors (Lipinski definition) is 6. The normalized spacial score (nSPS) is 17.0. The molecule has 0 amide bonds. The predicted molar refractivity (Wildman–Crippen MR) is 105 cm³/mol. The van der Waals surface area contributed by atoms with Gasteiger partial charge in [0.25, 0.3) is 0 Å². The van der Waals surface area contributed by atoms with Gasteiger partial charge in [-0.05, 0) is 30.7 Å². The minimum atomic E-state index is 0.0526. The molecule has 1 aliphatic rings. The molecule has 0 N–H and O–H groups in total. The molecule has 1 fully saturated rings. The van der Waals surface area contributed by atoms with Gasteiger partial charge in [-0.25, -0.2) is 9.97 Å². The van der Waals surface area contributed by atoms with Crippen molar-refractivity contribution in [2.75, 3.05) is 29.4 Å². The molecule has 1 saturated heterocycles. The fourth-order valence-corrected chi connectivity index (χ4v) is 3.50. The summed E-state index contributed by atoms with van der Waals surface area (Å²) in [4.78, 5) is 29.6. The standard InChI is InChI=1S/C21H21N5O/c1-16(27)17-5-4-6-18(13-17)19-15-25(20-7-2-3-8-23-20)11-12-26(19)21-14-22-9-10-24-21/h2-10,13-14,19H,11-12,15H2,1H3. The SMILES string of the molecule is CC(=O)c1cccc(C2CN(c3ccccn3)CCN2c2cnccn2)c1. The Hall–Kier alpha value is -3.28. The Bertz CT molecular complexity index is 916. The van der Waals surface area contributed by atoms with E-state index >= 15 is 0 Å². The number of benzene rings is 1. The number of carbonyl (C=O) groups excluding carboxylic acids is 1. The summed E-state index contributed by atoms with van der Waals surface area (Å²) in [6.07, 6.45) is 7.00. The van der Waals surface area contributed by atoms with Crippen molar-refractivity contribution in [3.05, 3.63) is 78.4 Å². The highest BCUT2D eigenvalue weighted by Crippen LogP contribution is 2.31. The van der Waals surface area contributed by atoms with Crippen LogP contribution in [0.5, 0.6) is 0 Å². The molecule has 0 bridgehead atoms. The van der Waals surface area contributed by atoms with Crippen LogP contribution in [0.3, 0.4) is 0 Å². The summed E-state index contributed by atoms with van der Waals surface area (Å²) in [6.45, 7) is 4.00. The monoisotopic (exact) mass is 359 g/mol. The maximum atomic E-state index is 11.9. The number of carbonyl (C=O) groups is 1. The van der Waals surface area contributed by atoms with Crippen molar-refractivity contribution in [3.8, 4) is 0 Å². The fourth-order valence-electron chi connectivity index (χ4n) is 3.50. The number of aromatic nitrogens is 3. The third-order valence-electron chi connectivity index (χ3n) is 4.88. The Labute approximate surface area is 158 Å². The first-order chi connectivity index (χ1) is 13.2. The maximum Gasteiger partial charge on any atom is 0.159 e. The van der Waals surface area contributed by atoms with Crippen molar-refractivity contribution in [1.82, 2.24) is 15.0 Å². The van der Waals surface area contributed by atoms with E-state index in [-0.39, 0.29) is 11.8 Å². The number of nitrogens with zero attached hydrogens (tertiary/aromatic N) is 5. The molecule has 6 heteroatoms. The lowest BCUT2D eigenvalue weighted by atomic mass is 9.99. The third kappa shape index (κ3) is 3.65. The zero-order valence-electron chi connectivity index (χ0n) is 15.2. The van der Waals surface area contributed by atoms with E-state index in [9.17, 15) is 4.79 Å². The first kappa shape index (κ1) is 17.1. The van der Waals surface area contributed by atoms with Gasteiger partial charge in [0.05, 0.1) is 12.2 Å². The second kappa shape index (κ2) is 7.53. The van der Waals surface area contributed by atoms with Crippen LogP contribution in [0.2, 0.25) is 0 Å². The molecule has 1 aromatic carbocycles. The van der Waals surface area contributed by atoms with Crippen molar-refractivity contribution in [1.29, 1.82) is 0 Å². The van der Waals surface area contributed by atoms with Gasteiger partial charge in [-0.15, -0.1) is 0 Å². The lowest BCUT2D eigenvalue weighted by Crippen LogP contribution is -2.49. The van der Waals surface area contributed by atoms with Crippen LogP contribution in [-0.4, -0.2) is 40.4 Å². The van der Waals surface area contributed by atoms with Gasteiger partial charge in [-0.2, -0.15) is 0 Å². The van der Waals surface area contributed by atoms with Gasteiger partial charge in [0.1, 0.15) is 11.6 Å². The zero-order chi connectivity index (χ0) is 18.6. The molecular weight excluding hydrogens is 338 g/mol. The number of rotatable bonds is 4. The first-order valence-corrected chi connectivity index (χ1v) is 9.02. The average Bonchev–Trinajstić information content (AvgIpc) is 2.74. The molecule has 0 spiro atoms. The number of ketones is 1. The highest BCUT2D eigenvalue weighted by atomic mass is 16.1. The Kier molecular flexibility index (Phi) is 4.78. The van der Waals surface area contributed by atoms with Crippen molar-refractivity contribution in [2.24, 2.45) is 0 Å². The molecule has 1 atom stereocenters. The summed E-state index contributed by atoms with van der Waals surface area (Å²) in [6, 6.07) is 13.9. The molecule has 1 aliphatic heterocycles. The van der Waals surface area contributed by atoms with Crippen LogP contribution in [0, 0.1) is 0 Å². The smallest absolute Gasteiger partial charge is 0.159 e. The van der Waals surface area contributed by atoms with Crippen LogP contribution < -0.4 is 9.80 Å². The second-order valence-corrected chi connectivity index (χ2v) is 6.59. The highest BCUT2D eigenvalue weighted by Gasteiger charge is 2.30. The van der Waals surface area contributed by atoms with Crippen LogP contribution >= 0.6 is 0 Å². The molecule has 0 aliphatic carbocycles. The number of hydrogen-bond donors (Lipinski definition) is 0. The summed E-state index contributed by atoms with van der Waals surface area (Å²) in [5, 5.41) is 0. The van der Waals surface area contributed by atoms with Crippen LogP contribution in [0.25, 0.3) is 0 Å². The van der Waals surface area contributed by atoms with Crippen LogP contribution in [0.15, 0.2) is 67.3 Å². The lowest BCUT2D eigenvalue weighted by Gasteiger charge is -2.42. The van der Waals surface area contributed by atoms with E-state index in [0.717, 1.165) is 42.4 Å². The molecule has 136 valence electrons. The third-order valence-corrected chi connectivity index (χ3v) is 4.88. The molecular formula is C21H21N5O. The number of Topliss-reactive ketones (excluding diaryl/α,β-unsaturated/α-hetero) is 1. The average molecular weight is 359 g/mol. The van der Waals surface area contributed by atoms with E-state index in [1.807, 2.05) is 42.6 Å². The zero-order valence-corrected chi connectivity index (χ0v) is 15.2. The predicted octanol–water partition coefficient (Wildman–Crippen LogP) is 3.14. The van der Waals surface area contributed by atoms with E-state index in [1.54, 1.807) is 25.5 Å². The second-order valence-electron chi connectivity index (χ2n) is 6.59. The molecule has 0 radical (unpaired) electrons. The molecule has 2 aromatic heterocycles. The quantitative estimate of drug-likeness (QED) is 0.667. The van der Waals surface area contributed by atoms with Crippen LogP contribution in [0.4, 0.5) is 11.6 Å². The molecule has 3 aromatic rings. The molecule has 3 heterocycles. The summed E-state index contributed by atoms with van der Waals surface area (Å²) in [5.74, 6) is 1.88. The Balaban J connectivity index is 1.71. The van der Waals surface area contributed by atoms with Gasteiger partial charge in [0.2, 0.25) is 0 Å². The lowest BCUT2D eigenvalue weighted by molar-refractivity contribution is 0.101. The van der Waals surface area contributed by atoms with E-state index in [0.29, 0.717) is 0 Å². The highest BCUT2D eigenvalue weighted by molar-refractivity contribution is 5.94. The first-order valence-electron chi connectivity index (χ1n) is 9.02. The number of anilines is 2. The van der Waals surface area contributed by atoms with Gasteiger partial charge in [-0.1, -0.05) is 24.3 Å². The Morgan fingerprint density at radius 2 is 1.89 bits per heavy atom. The van der Waals surface area contributed by atoms with Crippen molar-refractivity contribution >= 4 is 17.4 Å². The van der Waals surface area contributed by atoms with E-state index < -0.39 is 0 Å². The minimum Gasteiger partial charge on any atom is -0.352 e. The molecule has 4 rings (SSSR count). The molecule has 0 saturated carbocycles. The molecule has 6 nitrogen and oxygen atoms in total. The van der Waals surface area contributed by atoms with E-state index in [4.69, 9.17) is 0 Å². The summed E-state index contributed by atoms with van der Waals surface area (Å²) < 4.78 is 0. The fraction of sp³-hybridized carbons (Fsp3) is 0.238. The van der Waals surface area contributed by atoms with Gasteiger partial charge in [0, 0.05) is 43.8 Å². The number of piperazine rings is 1. The van der Waals surface area contributed by atoms with Gasteiger partial charge in [0.15, 0.2) is 5.78 Å². The molecule has 1 unspecified atom stereocenters. The van der Waals surface area contributed by atoms with Gasteiger partial charge >= 0.3 is 0 Å². The molecule has 27 heavy (non-hydrogen) atoms. The van der Waals surface area contributed by atoms with E-state index in [2.05, 4.69) is 30.8 Å². The Morgan fingerprint density at radius 1 is 1.00 bits per heavy atom. The van der Waals surface area contributed by atoms with Crippen LogP contribution in [0.1, 0.15) is 28.9 Å². The van der Waals surface area contributed by atoms with Crippen LogP contribution in [-0.2, 0) is 0 Å². The minimum absolute atomic E-state index is 0.0526. The largest absolute Gasteiger partial charge is 0.352 e. The van der Waals surface area contributed by atoms with Crippen molar-refractivity contribution < 1.29 is 4.79 Å². The topological polar surface area (TPSA) is 62.2 Å². The summed E-state index contributed by atoms with van der Waals surface area (Å²) in [5.41, 5.74) is 1.82. The van der Waals surface area contributed by atoms with Gasteiger partial charge < -0.3 is 9.80 Å². The van der Waals surface area contributed by atoms with Crippen molar-refractivity contribution in [2.45, 2.75) is 13.0 Å². The maximum absolute atomic E-state index is 11.9.